The Labute approximate surface area is 511 Å². The average Bonchev–Trinajstić information content (AvgIpc) is 3.50. The minimum Gasteiger partial charge on any atom is -0.462 e. The Bertz CT molecular complexity index is 1840. The zero-order chi connectivity index (χ0) is 59.9. The van der Waals surface area contributed by atoms with Gasteiger partial charge in [-0.3, -0.25) is 14.4 Å². The topological polar surface area (TPSA) is 78.9 Å². The Hall–Kier alpha value is -4.97. The molecule has 1 unspecified atom stereocenters. The highest BCUT2D eigenvalue weighted by molar-refractivity contribution is 5.71. The van der Waals surface area contributed by atoms with Gasteiger partial charge in [-0.15, -0.1) is 0 Å². The summed E-state index contributed by atoms with van der Waals surface area (Å²) in [6.45, 7) is 6.35. The van der Waals surface area contributed by atoms with Crippen LogP contribution >= 0.6 is 0 Å². The van der Waals surface area contributed by atoms with Gasteiger partial charge in [0.05, 0.1) is 0 Å². The summed E-state index contributed by atoms with van der Waals surface area (Å²) in [6.07, 6.45) is 101. The molecule has 6 heteroatoms. The first kappa shape index (κ1) is 78.0. The van der Waals surface area contributed by atoms with Crippen molar-refractivity contribution in [3.63, 3.8) is 0 Å². The Morgan fingerprint density at radius 1 is 0.253 bits per heavy atom. The zero-order valence-corrected chi connectivity index (χ0v) is 53.7. The molecular weight excluding hydrogens is 1020 g/mol. The molecule has 6 nitrogen and oxygen atoms in total. The molecular formula is C77H124O6. The number of esters is 3. The zero-order valence-electron chi connectivity index (χ0n) is 53.7. The molecule has 0 heterocycles. The third-order valence-corrected chi connectivity index (χ3v) is 14.0. The van der Waals surface area contributed by atoms with Crippen LogP contribution in [0.1, 0.15) is 290 Å². The van der Waals surface area contributed by atoms with Crippen molar-refractivity contribution in [1.29, 1.82) is 0 Å². The molecule has 0 N–H and O–H groups in total. The highest BCUT2D eigenvalue weighted by Crippen LogP contribution is 2.16. The molecule has 0 fully saturated rings. The number of hydrogen-bond acceptors (Lipinski definition) is 6. The lowest BCUT2D eigenvalue weighted by atomic mass is 10.0. The van der Waals surface area contributed by atoms with E-state index in [0.29, 0.717) is 19.3 Å². The summed E-state index contributed by atoms with van der Waals surface area (Å²) in [5.41, 5.74) is 0. The summed E-state index contributed by atoms with van der Waals surface area (Å²) in [6, 6.07) is 0. The fourth-order valence-electron chi connectivity index (χ4n) is 9.04. The van der Waals surface area contributed by atoms with Crippen LogP contribution in [0.2, 0.25) is 0 Å². The van der Waals surface area contributed by atoms with Crippen LogP contribution in [0.5, 0.6) is 0 Å². The standard InChI is InChI=1S/C77H124O6/c1-4-7-10-13-16-19-22-25-28-31-34-35-36-37-38-39-40-41-44-46-49-52-55-58-61-64-67-70-76(79)82-73-74(83-77(80)71-68-65-62-59-56-53-50-47-43-33-30-27-24-21-18-15-12-9-6-3)72-81-75(78)69-66-63-60-57-54-51-48-45-42-32-29-26-23-20-17-14-11-8-5-2/h7,9-10,12,16,18-19,21,25,27-28,30,34-35,37-38,40-41,43,46-47,49,53,56,62,65,74H,4-6,8,11,13-15,17,20,22-24,26,29,31-33,36,39,42,44-45,48,50-52,54-55,57-61,63-64,66-73H2,1-3H3/b10-7-,12-9-,19-16-,21-18-,28-25-,30-27-,35-34-,38-37-,41-40-,47-43-,49-46-,56-53-,65-62-. The van der Waals surface area contributed by atoms with E-state index in [1.807, 2.05) is 6.08 Å². The number of unbranched alkanes of at least 4 members (excludes halogenated alkanes) is 23. The lowest BCUT2D eigenvalue weighted by Crippen LogP contribution is -2.30. The quantitative estimate of drug-likeness (QED) is 0.0261. The number of carbonyl (C=O) groups is 3. The summed E-state index contributed by atoms with van der Waals surface area (Å²) in [5.74, 6) is -1.02. The van der Waals surface area contributed by atoms with E-state index in [9.17, 15) is 14.4 Å². The van der Waals surface area contributed by atoms with E-state index in [0.717, 1.165) is 141 Å². The van der Waals surface area contributed by atoms with Gasteiger partial charge in [-0.2, -0.15) is 0 Å². The number of hydrogen-bond donors (Lipinski definition) is 0. The van der Waals surface area contributed by atoms with Crippen LogP contribution in [0, 0.1) is 0 Å². The minimum atomic E-state index is -0.835. The highest BCUT2D eigenvalue weighted by atomic mass is 16.6. The molecule has 1 atom stereocenters. The summed E-state index contributed by atoms with van der Waals surface area (Å²) in [4.78, 5) is 38.4. The maximum atomic E-state index is 12.9. The van der Waals surface area contributed by atoms with E-state index in [-0.39, 0.29) is 31.6 Å². The average molecular weight is 1150 g/mol. The molecule has 468 valence electrons. The molecule has 0 bridgehead atoms. The molecule has 0 rings (SSSR count). The third kappa shape index (κ3) is 67.7. The first-order chi connectivity index (χ1) is 41.0. The summed E-state index contributed by atoms with van der Waals surface area (Å²) in [5, 5.41) is 0. The minimum absolute atomic E-state index is 0.118. The first-order valence-corrected chi connectivity index (χ1v) is 34.0. The van der Waals surface area contributed by atoms with Crippen molar-refractivity contribution >= 4 is 17.9 Å². The maximum Gasteiger partial charge on any atom is 0.306 e. The first-order valence-electron chi connectivity index (χ1n) is 34.0. The third-order valence-electron chi connectivity index (χ3n) is 14.0. The smallest absolute Gasteiger partial charge is 0.306 e. The Balaban J connectivity index is 4.52. The molecule has 0 aliphatic carbocycles. The molecule has 0 aromatic heterocycles. The Morgan fingerprint density at radius 3 is 0.783 bits per heavy atom. The van der Waals surface area contributed by atoms with Gasteiger partial charge in [-0.05, 0) is 116 Å². The van der Waals surface area contributed by atoms with Crippen LogP contribution in [-0.4, -0.2) is 37.2 Å². The van der Waals surface area contributed by atoms with Crippen molar-refractivity contribution in [2.75, 3.05) is 13.2 Å². The van der Waals surface area contributed by atoms with Gasteiger partial charge in [0, 0.05) is 19.3 Å². The molecule has 0 amide bonds. The number of carbonyl (C=O) groups excluding carboxylic acids is 3. The fourth-order valence-corrected chi connectivity index (χ4v) is 9.04. The van der Waals surface area contributed by atoms with Gasteiger partial charge in [0.25, 0.3) is 0 Å². The Kier molecular flexibility index (Phi) is 65.4. The summed E-state index contributed by atoms with van der Waals surface area (Å²) in [7, 11) is 0. The molecule has 0 saturated heterocycles. The van der Waals surface area contributed by atoms with E-state index in [1.165, 1.54) is 103 Å². The van der Waals surface area contributed by atoms with Gasteiger partial charge in [-0.25, -0.2) is 0 Å². The normalized spacial score (nSPS) is 13.1. The van der Waals surface area contributed by atoms with Gasteiger partial charge >= 0.3 is 17.9 Å². The second-order valence-corrected chi connectivity index (χ2v) is 22.0. The molecule has 0 aliphatic heterocycles. The van der Waals surface area contributed by atoms with Crippen molar-refractivity contribution in [3.8, 4) is 0 Å². The van der Waals surface area contributed by atoms with Crippen LogP contribution in [-0.2, 0) is 28.6 Å². The second-order valence-electron chi connectivity index (χ2n) is 22.0. The van der Waals surface area contributed by atoms with E-state index in [4.69, 9.17) is 14.2 Å². The van der Waals surface area contributed by atoms with E-state index >= 15 is 0 Å². The van der Waals surface area contributed by atoms with Crippen LogP contribution < -0.4 is 0 Å². The lowest BCUT2D eigenvalue weighted by molar-refractivity contribution is -0.166. The molecule has 83 heavy (non-hydrogen) atoms. The highest BCUT2D eigenvalue weighted by Gasteiger charge is 2.19. The van der Waals surface area contributed by atoms with Crippen LogP contribution in [0.25, 0.3) is 0 Å². The van der Waals surface area contributed by atoms with Crippen LogP contribution in [0.15, 0.2) is 158 Å². The molecule has 0 aliphatic rings. The number of allylic oxidation sites excluding steroid dienone is 26. The van der Waals surface area contributed by atoms with E-state index in [1.54, 1.807) is 0 Å². The van der Waals surface area contributed by atoms with Crippen molar-refractivity contribution in [2.45, 2.75) is 297 Å². The summed E-state index contributed by atoms with van der Waals surface area (Å²) < 4.78 is 16.9. The lowest BCUT2D eigenvalue weighted by Gasteiger charge is -2.18. The van der Waals surface area contributed by atoms with Gasteiger partial charge in [0.2, 0.25) is 0 Å². The Morgan fingerprint density at radius 2 is 0.494 bits per heavy atom. The molecule has 0 aromatic carbocycles. The SMILES string of the molecule is CC/C=C\C/C=C\C/C=C\C/C=C\C/C=C\C/C=C\C/C=C\CCCCCCCC(=O)OCC(COC(=O)CCCCCCCCCCCCCCCCCCCCC)OC(=O)CC/C=C\C/C=C\C/C=C\C/C=C\C/C=C\C/C=C\CC. The van der Waals surface area contributed by atoms with Crippen molar-refractivity contribution in [3.05, 3.63) is 158 Å². The predicted molar refractivity (Wildman–Crippen MR) is 362 cm³/mol. The molecule has 0 aromatic rings. The van der Waals surface area contributed by atoms with Gasteiger partial charge < -0.3 is 14.2 Å². The maximum absolute atomic E-state index is 12.9. The van der Waals surface area contributed by atoms with Gasteiger partial charge in [0.15, 0.2) is 6.10 Å². The molecule has 0 spiro atoms. The van der Waals surface area contributed by atoms with Crippen LogP contribution in [0.4, 0.5) is 0 Å². The summed E-state index contributed by atoms with van der Waals surface area (Å²) >= 11 is 0. The van der Waals surface area contributed by atoms with E-state index < -0.39 is 12.1 Å². The molecule has 0 radical (unpaired) electrons. The van der Waals surface area contributed by atoms with Crippen molar-refractivity contribution in [1.82, 2.24) is 0 Å². The fraction of sp³-hybridized carbons (Fsp3) is 0.623. The van der Waals surface area contributed by atoms with Gasteiger partial charge in [-0.1, -0.05) is 314 Å². The monoisotopic (exact) mass is 1140 g/mol. The molecule has 0 saturated carbocycles. The second kappa shape index (κ2) is 69.5. The number of rotatable bonds is 60. The van der Waals surface area contributed by atoms with Crippen molar-refractivity contribution in [2.24, 2.45) is 0 Å². The predicted octanol–water partition coefficient (Wildman–Crippen LogP) is 23.7. The van der Waals surface area contributed by atoms with E-state index in [2.05, 4.69) is 173 Å². The number of ether oxygens (including phenoxy) is 3. The van der Waals surface area contributed by atoms with Crippen molar-refractivity contribution < 1.29 is 28.6 Å². The largest absolute Gasteiger partial charge is 0.462 e. The van der Waals surface area contributed by atoms with Gasteiger partial charge in [0.1, 0.15) is 13.2 Å². The van der Waals surface area contributed by atoms with Crippen LogP contribution in [0.3, 0.4) is 0 Å².